The molecule has 166 valence electrons. The highest BCUT2D eigenvalue weighted by Gasteiger charge is 2.23. The van der Waals surface area contributed by atoms with Gasteiger partial charge in [0.05, 0.1) is 24.2 Å². The van der Waals surface area contributed by atoms with Crippen molar-refractivity contribution >= 4 is 35.2 Å². The van der Waals surface area contributed by atoms with Crippen molar-refractivity contribution in [1.29, 1.82) is 0 Å². The van der Waals surface area contributed by atoms with Crippen molar-refractivity contribution in [3.63, 3.8) is 0 Å². The van der Waals surface area contributed by atoms with Crippen LogP contribution in [0.5, 0.6) is 0 Å². The van der Waals surface area contributed by atoms with Crippen molar-refractivity contribution in [1.82, 2.24) is 19.4 Å². The number of piperazine rings is 1. The summed E-state index contributed by atoms with van der Waals surface area (Å²) in [6, 6.07) is 17.9. The van der Waals surface area contributed by atoms with Crippen molar-refractivity contribution in [2.24, 2.45) is 0 Å². The number of hydrogen-bond acceptors (Lipinski definition) is 4. The third-order valence-electron chi connectivity index (χ3n) is 5.54. The summed E-state index contributed by atoms with van der Waals surface area (Å²) in [6.07, 6.45) is 1.85. The fourth-order valence-electron chi connectivity index (χ4n) is 3.73. The molecule has 0 unspecified atom stereocenters. The highest BCUT2D eigenvalue weighted by molar-refractivity contribution is 7.99. The van der Waals surface area contributed by atoms with Crippen molar-refractivity contribution in [3.8, 4) is 11.3 Å². The number of rotatable bonds is 6. The summed E-state index contributed by atoms with van der Waals surface area (Å²) in [6.45, 7) is 4.57. The van der Waals surface area contributed by atoms with Gasteiger partial charge in [-0.15, -0.1) is 0 Å². The SMILES string of the molecule is CC(=O)N1CCN(C(=O)CSc2ncc(-c3ccc(Cl)cc3)n2Cc2ccccc2)CC1. The first kappa shape index (κ1) is 22.4. The van der Waals surface area contributed by atoms with E-state index in [-0.39, 0.29) is 11.8 Å². The Kier molecular flexibility index (Phi) is 7.17. The Bertz CT molecular complexity index is 1080. The quantitative estimate of drug-likeness (QED) is 0.512. The molecule has 6 nitrogen and oxygen atoms in total. The van der Waals surface area contributed by atoms with Gasteiger partial charge >= 0.3 is 0 Å². The number of nitrogens with zero attached hydrogens (tertiary/aromatic N) is 4. The lowest BCUT2D eigenvalue weighted by Gasteiger charge is -2.34. The fraction of sp³-hybridized carbons (Fsp3) is 0.292. The summed E-state index contributed by atoms with van der Waals surface area (Å²) in [7, 11) is 0. The van der Waals surface area contributed by atoms with Gasteiger partial charge in [-0.1, -0.05) is 65.8 Å². The smallest absolute Gasteiger partial charge is 0.233 e. The van der Waals surface area contributed by atoms with Crippen molar-refractivity contribution in [3.05, 3.63) is 71.4 Å². The number of halogens is 1. The minimum atomic E-state index is 0.0594. The van der Waals surface area contributed by atoms with E-state index >= 15 is 0 Å². The van der Waals surface area contributed by atoms with Gasteiger partial charge in [0, 0.05) is 38.1 Å². The van der Waals surface area contributed by atoms with E-state index in [9.17, 15) is 9.59 Å². The van der Waals surface area contributed by atoms with E-state index in [4.69, 9.17) is 11.6 Å². The number of carbonyl (C=O) groups excluding carboxylic acids is 2. The van der Waals surface area contributed by atoms with Crippen LogP contribution in [-0.2, 0) is 16.1 Å². The van der Waals surface area contributed by atoms with Crippen LogP contribution in [0.25, 0.3) is 11.3 Å². The number of hydrogen-bond donors (Lipinski definition) is 0. The van der Waals surface area contributed by atoms with Gasteiger partial charge in [-0.3, -0.25) is 9.59 Å². The number of carbonyl (C=O) groups is 2. The van der Waals surface area contributed by atoms with Crippen LogP contribution in [0.4, 0.5) is 0 Å². The lowest BCUT2D eigenvalue weighted by Crippen LogP contribution is -2.50. The maximum absolute atomic E-state index is 12.8. The summed E-state index contributed by atoms with van der Waals surface area (Å²) in [5.41, 5.74) is 3.17. The third-order valence-corrected chi connectivity index (χ3v) is 6.77. The molecule has 8 heteroatoms. The molecule has 1 fully saturated rings. The van der Waals surface area contributed by atoms with Crippen LogP contribution in [0.15, 0.2) is 66.0 Å². The minimum absolute atomic E-state index is 0.0594. The van der Waals surface area contributed by atoms with Crippen LogP contribution in [-0.4, -0.2) is 63.1 Å². The van der Waals surface area contributed by atoms with E-state index in [0.717, 1.165) is 22.0 Å². The predicted octanol–water partition coefficient (Wildman–Crippen LogP) is 4.03. The fourth-order valence-corrected chi connectivity index (χ4v) is 4.74. The van der Waals surface area contributed by atoms with E-state index in [1.165, 1.54) is 11.8 Å². The molecule has 0 N–H and O–H groups in total. The molecule has 32 heavy (non-hydrogen) atoms. The summed E-state index contributed by atoms with van der Waals surface area (Å²) in [5, 5.41) is 1.49. The largest absolute Gasteiger partial charge is 0.339 e. The Morgan fingerprint density at radius 3 is 2.28 bits per heavy atom. The van der Waals surface area contributed by atoms with Gasteiger partial charge in [0.1, 0.15) is 0 Å². The van der Waals surface area contributed by atoms with Gasteiger partial charge < -0.3 is 14.4 Å². The highest BCUT2D eigenvalue weighted by atomic mass is 35.5. The highest BCUT2D eigenvalue weighted by Crippen LogP contribution is 2.28. The molecule has 1 aliphatic heterocycles. The number of imidazole rings is 1. The first-order valence-corrected chi connectivity index (χ1v) is 11.9. The van der Waals surface area contributed by atoms with Crippen molar-refractivity contribution < 1.29 is 9.59 Å². The van der Waals surface area contributed by atoms with Crippen LogP contribution in [0.1, 0.15) is 12.5 Å². The maximum Gasteiger partial charge on any atom is 0.233 e. The lowest BCUT2D eigenvalue weighted by molar-refractivity contribution is -0.136. The van der Waals surface area contributed by atoms with Gasteiger partial charge in [0.2, 0.25) is 11.8 Å². The molecule has 1 saturated heterocycles. The Morgan fingerprint density at radius 2 is 1.62 bits per heavy atom. The van der Waals surface area contributed by atoms with E-state index < -0.39 is 0 Å². The van der Waals surface area contributed by atoms with Crippen LogP contribution >= 0.6 is 23.4 Å². The van der Waals surface area contributed by atoms with Crippen molar-refractivity contribution in [2.45, 2.75) is 18.6 Å². The molecule has 0 spiro atoms. The molecule has 2 amide bonds. The molecule has 0 radical (unpaired) electrons. The first-order chi connectivity index (χ1) is 15.5. The second kappa shape index (κ2) is 10.2. The Morgan fingerprint density at radius 1 is 0.969 bits per heavy atom. The van der Waals surface area contributed by atoms with Gasteiger partial charge in [0.15, 0.2) is 5.16 Å². The molecule has 2 heterocycles. The Labute approximate surface area is 197 Å². The molecule has 0 saturated carbocycles. The molecule has 1 aromatic heterocycles. The first-order valence-electron chi connectivity index (χ1n) is 10.5. The average Bonchev–Trinajstić information content (AvgIpc) is 3.21. The molecule has 0 aliphatic carbocycles. The van der Waals surface area contributed by atoms with Gasteiger partial charge in [-0.2, -0.15) is 0 Å². The zero-order valence-electron chi connectivity index (χ0n) is 17.9. The van der Waals surface area contributed by atoms with Crippen LogP contribution in [0, 0.1) is 0 Å². The number of amides is 2. The third kappa shape index (κ3) is 5.34. The lowest BCUT2D eigenvalue weighted by atomic mass is 10.1. The molecule has 2 aromatic carbocycles. The number of thioether (sulfide) groups is 1. The van der Waals surface area contributed by atoms with E-state index in [1.807, 2.05) is 53.6 Å². The molecular formula is C24H25ClN4O2S. The molecular weight excluding hydrogens is 444 g/mol. The second-order valence-corrected chi connectivity index (χ2v) is 9.06. The Hall–Kier alpha value is -2.77. The summed E-state index contributed by atoms with van der Waals surface area (Å²) in [4.78, 5) is 32.5. The molecule has 0 atom stereocenters. The van der Waals surface area contributed by atoms with Gasteiger partial charge in [-0.25, -0.2) is 4.98 Å². The minimum Gasteiger partial charge on any atom is -0.339 e. The molecule has 0 bridgehead atoms. The Balaban J connectivity index is 1.50. The zero-order chi connectivity index (χ0) is 22.5. The van der Waals surface area contributed by atoms with Gasteiger partial charge in [0.25, 0.3) is 0 Å². The van der Waals surface area contributed by atoms with Gasteiger partial charge in [-0.05, 0) is 23.3 Å². The molecule has 4 rings (SSSR count). The normalized spacial score (nSPS) is 13.9. The number of benzene rings is 2. The second-order valence-electron chi connectivity index (χ2n) is 7.68. The van der Waals surface area contributed by atoms with E-state index in [1.54, 1.807) is 11.8 Å². The average molecular weight is 469 g/mol. The van der Waals surface area contributed by atoms with E-state index in [0.29, 0.717) is 43.5 Å². The summed E-state index contributed by atoms with van der Waals surface area (Å²) in [5.74, 6) is 0.441. The number of aromatic nitrogens is 2. The van der Waals surface area contributed by atoms with Crippen molar-refractivity contribution in [2.75, 3.05) is 31.9 Å². The standard InChI is InChI=1S/C24H25ClN4O2S/c1-18(30)27-11-13-28(14-12-27)23(31)17-32-24-26-15-22(20-7-9-21(25)10-8-20)29(24)16-19-5-3-2-4-6-19/h2-10,15H,11-14,16-17H2,1H3. The molecule has 1 aliphatic rings. The summed E-state index contributed by atoms with van der Waals surface area (Å²) < 4.78 is 2.14. The van der Waals surface area contributed by atoms with Crippen LogP contribution < -0.4 is 0 Å². The monoisotopic (exact) mass is 468 g/mol. The molecule has 3 aromatic rings. The van der Waals surface area contributed by atoms with Crippen LogP contribution in [0.3, 0.4) is 0 Å². The topological polar surface area (TPSA) is 58.4 Å². The van der Waals surface area contributed by atoms with Crippen LogP contribution in [0.2, 0.25) is 5.02 Å². The predicted molar refractivity (Wildman–Crippen MR) is 128 cm³/mol. The summed E-state index contributed by atoms with van der Waals surface area (Å²) >= 11 is 7.52. The maximum atomic E-state index is 12.8. The zero-order valence-corrected chi connectivity index (χ0v) is 19.5. The van der Waals surface area contributed by atoms with E-state index in [2.05, 4.69) is 21.7 Å².